The summed E-state index contributed by atoms with van der Waals surface area (Å²) in [5, 5.41) is 22.2. The van der Waals surface area contributed by atoms with Gasteiger partial charge in [-0.1, -0.05) is 102 Å². The van der Waals surface area contributed by atoms with Crippen molar-refractivity contribution in [1.29, 1.82) is 0 Å². The van der Waals surface area contributed by atoms with E-state index in [0.717, 1.165) is 34.9 Å². The summed E-state index contributed by atoms with van der Waals surface area (Å²) in [6.07, 6.45) is 1.69. The van der Waals surface area contributed by atoms with Crippen molar-refractivity contribution in [1.82, 2.24) is 0 Å². The summed E-state index contributed by atoms with van der Waals surface area (Å²) in [6, 6.07) is 21.9. The minimum Gasteiger partial charge on any atom is -0.872 e. The molecule has 0 aromatic heterocycles. The summed E-state index contributed by atoms with van der Waals surface area (Å²) in [4.78, 5) is 18.4. The molecule has 1 heterocycles. The van der Waals surface area contributed by atoms with Crippen LogP contribution in [-0.4, -0.2) is 24.7 Å². The molecule has 1 aliphatic heterocycles. The number of nitrogens with zero attached hydrogens (tertiary/aromatic N) is 2. The van der Waals surface area contributed by atoms with Crippen molar-refractivity contribution < 1.29 is 36.8 Å². The molecule has 7 heteroatoms. The smallest absolute Gasteiger partial charge is 0.872 e. The molecule has 0 aliphatic carbocycles. The van der Waals surface area contributed by atoms with Gasteiger partial charge in [-0.05, 0) is 52.1 Å². The molecule has 0 saturated heterocycles. The first kappa shape index (κ1) is 31.8. The van der Waals surface area contributed by atoms with Crippen LogP contribution < -0.4 is 10.2 Å². The second-order valence-corrected chi connectivity index (χ2v) is 11.4. The molecule has 4 rings (SSSR count). The summed E-state index contributed by atoms with van der Waals surface area (Å²) < 4.78 is 5.96. The molecule has 1 radical (unpaired) electrons. The maximum Gasteiger partial charge on any atom is 2.00 e. The van der Waals surface area contributed by atoms with E-state index < -0.39 is 5.97 Å². The summed E-state index contributed by atoms with van der Waals surface area (Å²) in [5.74, 6) is -0.469. The van der Waals surface area contributed by atoms with Gasteiger partial charge in [-0.3, -0.25) is 4.99 Å². The van der Waals surface area contributed by atoms with Gasteiger partial charge in [0, 0.05) is 12.2 Å². The topological polar surface area (TPSA) is 97.1 Å². The quantitative estimate of drug-likeness (QED) is 0.308. The maximum atomic E-state index is 13.3. The van der Waals surface area contributed by atoms with Gasteiger partial charge in [0.25, 0.3) is 0 Å². The van der Waals surface area contributed by atoms with Crippen LogP contribution in [0.3, 0.4) is 0 Å². The molecular formula is C32H36CuN2O4. The Bertz CT molecular complexity index is 1330. The van der Waals surface area contributed by atoms with Crippen molar-refractivity contribution in [3.8, 4) is 5.75 Å². The molecule has 209 valence electrons. The second-order valence-electron chi connectivity index (χ2n) is 11.4. The molecule has 6 nitrogen and oxygen atoms in total. The molecule has 3 aromatic carbocycles. The van der Waals surface area contributed by atoms with Crippen molar-refractivity contribution in [3.63, 3.8) is 0 Å². The van der Waals surface area contributed by atoms with Crippen molar-refractivity contribution in [2.24, 2.45) is 9.98 Å². The monoisotopic (exact) mass is 575 g/mol. The van der Waals surface area contributed by atoms with Gasteiger partial charge in [-0.2, -0.15) is 0 Å². The number of carbonyl (C=O) groups excluding carboxylic acids is 1. The standard InChI is InChI=1S/C30H34N2O2.C2H4O2.Cu/c1-29(2,3)22-16-21(27(33)24(17-22)30(4,5)6)18-31-25-15-11-10-14-23(25)28-32-26(19-34-28)20-12-8-7-9-13-20;1-2(3)4;/h7-18,26,33H,19H2,1-6H3;1H3,(H,3,4);/q;;+2/p-2/t26-;;/m1../s1. The molecule has 0 fully saturated rings. The van der Waals surface area contributed by atoms with Crippen LogP contribution in [-0.2, 0) is 37.4 Å². The Morgan fingerprint density at radius 1 is 0.974 bits per heavy atom. The number of rotatable bonds is 4. The number of carboxylic acid groups (broad SMARTS) is 1. The predicted molar refractivity (Wildman–Crippen MR) is 149 cm³/mol. The van der Waals surface area contributed by atoms with Crippen LogP contribution in [0.2, 0.25) is 0 Å². The fraction of sp³-hybridized carbons (Fsp3) is 0.344. The van der Waals surface area contributed by atoms with Crippen LogP contribution in [0.1, 0.15) is 82.3 Å². The predicted octanol–water partition coefficient (Wildman–Crippen LogP) is 5.38. The number of carbonyl (C=O) groups is 1. The molecule has 1 aliphatic rings. The van der Waals surface area contributed by atoms with E-state index in [4.69, 9.17) is 24.6 Å². The molecule has 0 spiro atoms. The van der Waals surface area contributed by atoms with Gasteiger partial charge in [0.05, 0.1) is 11.3 Å². The number of aliphatic carboxylic acids is 1. The van der Waals surface area contributed by atoms with Gasteiger partial charge in [-0.15, -0.1) is 0 Å². The molecule has 0 bridgehead atoms. The molecule has 1 atom stereocenters. The van der Waals surface area contributed by atoms with Crippen LogP contribution in [0.15, 0.2) is 76.7 Å². The van der Waals surface area contributed by atoms with E-state index in [2.05, 4.69) is 59.7 Å². The minimum atomic E-state index is -1.08. The number of carboxylic acids is 1. The SMILES string of the molecule is CC(=O)[O-].CC(C)(C)c1cc(C=Nc2ccccc2C2=N[C@@H](c3ccccc3)CO2)c([O-])c(C(C)(C)C)c1.[Cu+2]. The third-order valence-electron chi connectivity index (χ3n) is 6.10. The Labute approximate surface area is 242 Å². The molecule has 0 amide bonds. The van der Waals surface area contributed by atoms with E-state index in [9.17, 15) is 5.11 Å². The van der Waals surface area contributed by atoms with E-state index in [-0.39, 0.29) is 39.7 Å². The van der Waals surface area contributed by atoms with Crippen molar-refractivity contribution in [2.45, 2.75) is 65.3 Å². The van der Waals surface area contributed by atoms with Gasteiger partial charge in [-0.25, -0.2) is 4.99 Å². The van der Waals surface area contributed by atoms with Crippen LogP contribution in [0.5, 0.6) is 5.75 Å². The van der Waals surface area contributed by atoms with Gasteiger partial charge in [0.2, 0.25) is 5.90 Å². The van der Waals surface area contributed by atoms with Gasteiger partial charge in [0.1, 0.15) is 12.6 Å². The van der Waals surface area contributed by atoms with Crippen molar-refractivity contribution in [3.05, 3.63) is 94.5 Å². The number of para-hydroxylation sites is 1. The van der Waals surface area contributed by atoms with Gasteiger partial charge in [0.15, 0.2) is 0 Å². The average Bonchev–Trinajstić information content (AvgIpc) is 3.32. The molecule has 0 N–H and O–H groups in total. The van der Waals surface area contributed by atoms with E-state index in [1.54, 1.807) is 6.21 Å². The first-order valence-electron chi connectivity index (χ1n) is 12.7. The Kier molecular flexibility index (Phi) is 10.7. The van der Waals surface area contributed by atoms with E-state index >= 15 is 0 Å². The molecule has 0 unspecified atom stereocenters. The summed E-state index contributed by atoms with van der Waals surface area (Å²) in [5.41, 5.74) is 4.89. The van der Waals surface area contributed by atoms with Gasteiger partial charge >= 0.3 is 17.1 Å². The zero-order chi connectivity index (χ0) is 28.1. The average molecular weight is 576 g/mol. The Morgan fingerprint density at radius 2 is 1.56 bits per heavy atom. The maximum absolute atomic E-state index is 13.3. The Hall–Kier alpha value is -3.41. The molecule has 0 saturated carbocycles. The fourth-order valence-corrected chi connectivity index (χ4v) is 4.01. The fourth-order valence-electron chi connectivity index (χ4n) is 4.01. The van der Waals surface area contributed by atoms with Crippen LogP contribution in [0.4, 0.5) is 5.69 Å². The van der Waals surface area contributed by atoms with Crippen LogP contribution in [0.25, 0.3) is 0 Å². The second kappa shape index (κ2) is 13.1. The van der Waals surface area contributed by atoms with E-state index in [1.807, 2.05) is 48.5 Å². The number of hydrogen-bond acceptors (Lipinski definition) is 6. The molecule has 3 aromatic rings. The Balaban J connectivity index is 0.000000998. The molecular weight excluding hydrogens is 540 g/mol. The number of ether oxygens (including phenoxy) is 1. The van der Waals surface area contributed by atoms with E-state index in [1.165, 1.54) is 0 Å². The largest absolute Gasteiger partial charge is 2.00 e. The summed E-state index contributed by atoms with van der Waals surface area (Å²) >= 11 is 0. The first-order valence-corrected chi connectivity index (χ1v) is 12.7. The minimum absolute atomic E-state index is 0. The zero-order valence-electron chi connectivity index (χ0n) is 23.5. The van der Waals surface area contributed by atoms with Crippen molar-refractivity contribution >= 4 is 23.8 Å². The summed E-state index contributed by atoms with van der Waals surface area (Å²) in [6.45, 7) is 14.2. The number of hydrogen-bond donors (Lipinski definition) is 0. The van der Waals surface area contributed by atoms with Gasteiger partial charge < -0.3 is 19.7 Å². The zero-order valence-corrected chi connectivity index (χ0v) is 24.5. The van der Waals surface area contributed by atoms with Crippen molar-refractivity contribution in [2.75, 3.05) is 6.61 Å². The third-order valence-corrected chi connectivity index (χ3v) is 6.10. The van der Waals surface area contributed by atoms with Crippen LogP contribution in [0, 0.1) is 0 Å². The molecule has 39 heavy (non-hydrogen) atoms. The third kappa shape index (κ3) is 8.54. The Morgan fingerprint density at radius 3 is 2.15 bits per heavy atom. The summed E-state index contributed by atoms with van der Waals surface area (Å²) in [7, 11) is 0. The normalized spacial score (nSPS) is 15.1. The first-order chi connectivity index (χ1) is 17.8. The number of aliphatic imine (C=N–C) groups is 2. The van der Waals surface area contributed by atoms with Crippen LogP contribution >= 0.6 is 0 Å². The van der Waals surface area contributed by atoms with E-state index in [0.29, 0.717) is 18.1 Å². The number of benzene rings is 3.